The summed E-state index contributed by atoms with van der Waals surface area (Å²) in [6.07, 6.45) is 3.07. The molecule has 1 saturated carbocycles. The first-order valence-electron chi connectivity index (χ1n) is 8.42. The van der Waals surface area contributed by atoms with Gasteiger partial charge in [-0.1, -0.05) is 30.3 Å². The largest absolute Gasteiger partial charge is 0.481 e. The highest BCUT2D eigenvalue weighted by Crippen LogP contribution is 2.27. The molecule has 0 unspecified atom stereocenters. The van der Waals surface area contributed by atoms with Crippen molar-refractivity contribution in [3.63, 3.8) is 0 Å². The predicted octanol–water partition coefficient (Wildman–Crippen LogP) is 1.63. The third-order valence-corrected chi connectivity index (χ3v) is 4.83. The third kappa shape index (κ3) is 4.32. The summed E-state index contributed by atoms with van der Waals surface area (Å²) in [6, 6.07) is 10.3. The molecule has 0 spiro atoms. The summed E-state index contributed by atoms with van der Waals surface area (Å²) >= 11 is 0. The zero-order valence-electron chi connectivity index (χ0n) is 13.4. The first-order chi connectivity index (χ1) is 11.1. The van der Waals surface area contributed by atoms with E-state index < -0.39 is 11.9 Å². The van der Waals surface area contributed by atoms with Crippen LogP contribution >= 0.6 is 0 Å². The first-order valence-corrected chi connectivity index (χ1v) is 8.42. The summed E-state index contributed by atoms with van der Waals surface area (Å²) in [4.78, 5) is 28.2. The number of aliphatic carboxylic acids is 1. The molecule has 5 nitrogen and oxygen atoms in total. The van der Waals surface area contributed by atoms with Crippen molar-refractivity contribution in [3.8, 4) is 0 Å². The third-order valence-electron chi connectivity index (χ3n) is 4.83. The molecule has 1 amide bonds. The highest BCUT2D eigenvalue weighted by molar-refractivity contribution is 5.82. The molecule has 2 fully saturated rings. The number of hydrogen-bond donors (Lipinski definition) is 1. The lowest BCUT2D eigenvalue weighted by Crippen LogP contribution is -2.49. The quantitative estimate of drug-likeness (QED) is 0.866. The summed E-state index contributed by atoms with van der Waals surface area (Å²) in [6.45, 7) is 3.31. The van der Waals surface area contributed by atoms with Crippen molar-refractivity contribution in [1.82, 2.24) is 9.80 Å². The highest BCUT2D eigenvalue weighted by Gasteiger charge is 2.33. The number of piperazine rings is 1. The number of benzene rings is 1. The van der Waals surface area contributed by atoms with Gasteiger partial charge in [-0.3, -0.25) is 14.5 Å². The van der Waals surface area contributed by atoms with Crippen LogP contribution in [0.3, 0.4) is 0 Å². The molecule has 1 atom stereocenters. The van der Waals surface area contributed by atoms with Gasteiger partial charge >= 0.3 is 5.97 Å². The van der Waals surface area contributed by atoms with Crippen LogP contribution in [-0.4, -0.2) is 59.0 Å². The van der Waals surface area contributed by atoms with Crippen molar-refractivity contribution in [1.29, 1.82) is 0 Å². The second-order valence-corrected chi connectivity index (χ2v) is 6.58. The van der Waals surface area contributed by atoms with Crippen molar-refractivity contribution in [2.24, 2.45) is 5.92 Å². The van der Waals surface area contributed by atoms with E-state index in [0.29, 0.717) is 6.42 Å². The number of hydrogen-bond acceptors (Lipinski definition) is 3. The maximum atomic E-state index is 12.4. The van der Waals surface area contributed by atoms with Gasteiger partial charge in [-0.05, 0) is 24.8 Å². The maximum Gasteiger partial charge on any atom is 0.307 e. The van der Waals surface area contributed by atoms with Crippen LogP contribution in [0, 0.1) is 5.92 Å². The van der Waals surface area contributed by atoms with E-state index in [1.54, 1.807) is 0 Å². The van der Waals surface area contributed by atoms with Crippen LogP contribution in [-0.2, 0) is 16.0 Å². The summed E-state index contributed by atoms with van der Waals surface area (Å²) in [7, 11) is 0. The van der Waals surface area contributed by atoms with Crippen molar-refractivity contribution in [2.75, 3.05) is 26.2 Å². The molecule has 1 aliphatic heterocycles. The Kier molecular flexibility index (Phi) is 4.96. The van der Waals surface area contributed by atoms with Crippen molar-refractivity contribution < 1.29 is 14.7 Å². The van der Waals surface area contributed by atoms with Gasteiger partial charge in [0.25, 0.3) is 0 Å². The Bertz CT molecular complexity index is 549. The van der Waals surface area contributed by atoms with Crippen LogP contribution in [0.15, 0.2) is 30.3 Å². The van der Waals surface area contributed by atoms with E-state index >= 15 is 0 Å². The first kappa shape index (κ1) is 16.0. The monoisotopic (exact) mass is 316 g/mol. The van der Waals surface area contributed by atoms with E-state index in [1.807, 2.05) is 35.2 Å². The van der Waals surface area contributed by atoms with Crippen LogP contribution in [0.2, 0.25) is 0 Å². The molecule has 3 rings (SSSR count). The summed E-state index contributed by atoms with van der Waals surface area (Å²) in [5, 5.41) is 9.43. The molecule has 0 radical (unpaired) electrons. The number of rotatable bonds is 6. The SMILES string of the molecule is O=C(O)[C@@H](CC(=O)N1CCN(C2CC2)CC1)Cc1ccccc1. The average Bonchev–Trinajstić information content (AvgIpc) is 3.40. The van der Waals surface area contributed by atoms with E-state index in [4.69, 9.17) is 0 Å². The molecule has 1 aliphatic carbocycles. The Morgan fingerprint density at radius 2 is 1.74 bits per heavy atom. The predicted molar refractivity (Wildman–Crippen MR) is 87.1 cm³/mol. The molecular formula is C18H24N2O3. The van der Waals surface area contributed by atoms with Crippen LogP contribution in [0.4, 0.5) is 0 Å². The molecule has 0 aromatic heterocycles. The minimum Gasteiger partial charge on any atom is -0.481 e. The van der Waals surface area contributed by atoms with Crippen LogP contribution in [0.25, 0.3) is 0 Å². The standard InChI is InChI=1S/C18H24N2O3/c21-17(20-10-8-19(9-11-20)16-6-7-16)13-15(18(22)23)12-14-4-2-1-3-5-14/h1-5,15-16H,6-13H2,(H,22,23)/t15-/m1/s1. The molecule has 5 heteroatoms. The van der Waals surface area contributed by atoms with Gasteiger partial charge in [0.1, 0.15) is 0 Å². The minimum atomic E-state index is -0.890. The smallest absolute Gasteiger partial charge is 0.307 e. The fraction of sp³-hybridized carbons (Fsp3) is 0.556. The fourth-order valence-electron chi connectivity index (χ4n) is 3.26. The Morgan fingerprint density at radius 1 is 1.09 bits per heavy atom. The zero-order valence-corrected chi connectivity index (χ0v) is 13.4. The lowest BCUT2D eigenvalue weighted by Gasteiger charge is -2.35. The second-order valence-electron chi connectivity index (χ2n) is 6.58. The molecule has 23 heavy (non-hydrogen) atoms. The number of carbonyl (C=O) groups is 2. The topological polar surface area (TPSA) is 60.9 Å². The molecule has 1 heterocycles. The van der Waals surface area contributed by atoms with Crippen molar-refractivity contribution in [3.05, 3.63) is 35.9 Å². The molecule has 124 valence electrons. The summed E-state index contributed by atoms with van der Waals surface area (Å²) in [5.41, 5.74) is 0.964. The second kappa shape index (κ2) is 7.13. The summed E-state index contributed by atoms with van der Waals surface area (Å²) in [5.74, 6) is -1.56. The normalized spacial score (nSPS) is 20.3. The van der Waals surface area contributed by atoms with Crippen LogP contribution in [0.1, 0.15) is 24.8 Å². The Balaban J connectivity index is 1.52. The molecule has 1 N–H and O–H groups in total. The van der Waals surface area contributed by atoms with Crippen molar-refractivity contribution in [2.45, 2.75) is 31.7 Å². The Hall–Kier alpha value is -1.88. The zero-order chi connectivity index (χ0) is 16.2. The number of amides is 1. The van der Waals surface area contributed by atoms with Crippen molar-refractivity contribution >= 4 is 11.9 Å². The van der Waals surface area contributed by atoms with E-state index in [1.165, 1.54) is 12.8 Å². The van der Waals surface area contributed by atoms with Gasteiger partial charge in [-0.2, -0.15) is 0 Å². The van der Waals surface area contributed by atoms with Gasteiger partial charge < -0.3 is 10.0 Å². The number of carbonyl (C=O) groups excluding carboxylic acids is 1. The lowest BCUT2D eigenvalue weighted by molar-refractivity contribution is -0.146. The number of carboxylic acid groups (broad SMARTS) is 1. The van der Waals surface area contributed by atoms with E-state index in [9.17, 15) is 14.7 Å². The fourth-order valence-corrected chi connectivity index (χ4v) is 3.26. The van der Waals surface area contributed by atoms with Gasteiger partial charge in [-0.25, -0.2) is 0 Å². The lowest BCUT2D eigenvalue weighted by atomic mass is 9.95. The Labute approximate surface area is 136 Å². The average molecular weight is 316 g/mol. The van der Waals surface area contributed by atoms with Gasteiger partial charge in [0, 0.05) is 38.6 Å². The minimum absolute atomic E-state index is 0.0243. The van der Waals surface area contributed by atoms with Crippen LogP contribution in [0.5, 0.6) is 0 Å². The highest BCUT2D eigenvalue weighted by atomic mass is 16.4. The van der Waals surface area contributed by atoms with E-state index in [-0.39, 0.29) is 12.3 Å². The Morgan fingerprint density at radius 3 is 2.30 bits per heavy atom. The molecule has 2 aliphatic rings. The number of nitrogens with zero attached hydrogens (tertiary/aromatic N) is 2. The molecule has 1 aromatic carbocycles. The van der Waals surface area contributed by atoms with Gasteiger partial charge in [-0.15, -0.1) is 0 Å². The van der Waals surface area contributed by atoms with E-state index in [0.717, 1.165) is 37.8 Å². The van der Waals surface area contributed by atoms with Gasteiger partial charge in [0.05, 0.1) is 5.92 Å². The maximum absolute atomic E-state index is 12.4. The van der Waals surface area contributed by atoms with Gasteiger partial charge in [0.15, 0.2) is 0 Å². The van der Waals surface area contributed by atoms with E-state index in [2.05, 4.69) is 4.90 Å². The molecular weight excluding hydrogens is 292 g/mol. The summed E-state index contributed by atoms with van der Waals surface area (Å²) < 4.78 is 0. The molecule has 1 aromatic rings. The van der Waals surface area contributed by atoms with Crippen LogP contribution < -0.4 is 0 Å². The molecule has 1 saturated heterocycles. The van der Waals surface area contributed by atoms with Gasteiger partial charge in [0.2, 0.25) is 5.91 Å². The number of carboxylic acids is 1. The molecule has 0 bridgehead atoms.